The van der Waals surface area contributed by atoms with Gasteiger partial charge in [0.1, 0.15) is 0 Å². The summed E-state index contributed by atoms with van der Waals surface area (Å²) in [6.07, 6.45) is 2.71. The van der Waals surface area contributed by atoms with Crippen molar-refractivity contribution in [2.75, 3.05) is 19.0 Å². The molecule has 2 rings (SSSR count). The highest BCUT2D eigenvalue weighted by atomic mass is 35.5. The largest absolute Gasteiger partial charge is 0.465 e. The average molecular weight is 374 g/mol. The number of carbonyl (C=O) groups excluding carboxylic acids is 3. The van der Waals surface area contributed by atoms with Crippen molar-refractivity contribution in [2.45, 2.75) is 0 Å². The van der Waals surface area contributed by atoms with Crippen LogP contribution < -0.4 is 5.32 Å². The van der Waals surface area contributed by atoms with Gasteiger partial charge in [-0.2, -0.15) is 0 Å². The van der Waals surface area contributed by atoms with Gasteiger partial charge in [0.05, 0.1) is 12.7 Å². The maximum Gasteiger partial charge on any atom is 0.337 e. The molecule has 26 heavy (non-hydrogen) atoms. The van der Waals surface area contributed by atoms with E-state index in [0.717, 1.165) is 0 Å². The van der Waals surface area contributed by atoms with E-state index >= 15 is 0 Å². The number of rotatable bonds is 6. The van der Waals surface area contributed by atoms with Crippen LogP contribution in [0.25, 0.3) is 6.08 Å². The molecule has 1 amide bonds. The highest BCUT2D eigenvalue weighted by Crippen LogP contribution is 2.14. The molecule has 1 N–H and O–H groups in total. The van der Waals surface area contributed by atoms with Crippen molar-refractivity contribution in [1.29, 1.82) is 0 Å². The van der Waals surface area contributed by atoms with Crippen LogP contribution in [-0.2, 0) is 19.1 Å². The number of nitrogens with one attached hydrogen (secondary N) is 1. The third kappa shape index (κ3) is 6.07. The highest BCUT2D eigenvalue weighted by molar-refractivity contribution is 6.30. The number of hydrogen-bond acceptors (Lipinski definition) is 5. The fourth-order valence-corrected chi connectivity index (χ4v) is 2.15. The normalized spacial score (nSPS) is 10.4. The van der Waals surface area contributed by atoms with Crippen molar-refractivity contribution in [3.05, 3.63) is 70.8 Å². The van der Waals surface area contributed by atoms with Crippen LogP contribution in [0, 0.1) is 0 Å². The molecule has 6 nitrogen and oxygen atoms in total. The van der Waals surface area contributed by atoms with E-state index < -0.39 is 24.5 Å². The second kappa shape index (κ2) is 9.39. The summed E-state index contributed by atoms with van der Waals surface area (Å²) in [5, 5.41) is 3.05. The number of methoxy groups -OCH3 is 1. The summed E-state index contributed by atoms with van der Waals surface area (Å²) >= 11 is 5.82. The molecule has 0 spiro atoms. The second-order valence-corrected chi connectivity index (χ2v) is 5.55. The summed E-state index contributed by atoms with van der Waals surface area (Å²) in [5.74, 6) is -1.58. The van der Waals surface area contributed by atoms with Gasteiger partial charge in [-0.25, -0.2) is 9.59 Å². The van der Waals surface area contributed by atoms with Crippen molar-refractivity contribution in [3.8, 4) is 0 Å². The molecule has 0 saturated heterocycles. The number of halogens is 1. The molecule has 2 aromatic rings. The van der Waals surface area contributed by atoms with Gasteiger partial charge in [-0.1, -0.05) is 29.8 Å². The van der Waals surface area contributed by atoms with E-state index in [1.54, 1.807) is 48.5 Å². The molecule has 0 saturated carbocycles. The van der Waals surface area contributed by atoms with E-state index in [9.17, 15) is 14.4 Å². The Kier molecular flexibility index (Phi) is 6.93. The van der Waals surface area contributed by atoms with Crippen molar-refractivity contribution in [1.82, 2.24) is 0 Å². The van der Waals surface area contributed by atoms with Crippen LogP contribution in [0.3, 0.4) is 0 Å². The summed E-state index contributed by atoms with van der Waals surface area (Å²) in [6.45, 7) is -0.420. The lowest BCUT2D eigenvalue weighted by atomic mass is 10.1. The average Bonchev–Trinajstić information content (AvgIpc) is 2.64. The predicted molar refractivity (Wildman–Crippen MR) is 97.9 cm³/mol. The zero-order valence-corrected chi connectivity index (χ0v) is 14.7. The molecule has 0 heterocycles. The molecule has 0 atom stereocenters. The minimum absolute atomic E-state index is 0.407. The summed E-state index contributed by atoms with van der Waals surface area (Å²) in [6, 6.07) is 13.1. The fourth-order valence-electron chi connectivity index (χ4n) is 1.96. The smallest absolute Gasteiger partial charge is 0.337 e. The quantitative estimate of drug-likeness (QED) is 0.620. The topological polar surface area (TPSA) is 81.7 Å². The van der Waals surface area contributed by atoms with Crippen molar-refractivity contribution in [2.24, 2.45) is 0 Å². The van der Waals surface area contributed by atoms with Crippen LogP contribution in [0.15, 0.2) is 54.6 Å². The van der Waals surface area contributed by atoms with Gasteiger partial charge in [-0.05, 0) is 42.0 Å². The summed E-state index contributed by atoms with van der Waals surface area (Å²) in [5.41, 5.74) is 1.61. The second-order valence-electron chi connectivity index (χ2n) is 5.11. The van der Waals surface area contributed by atoms with Gasteiger partial charge in [0.25, 0.3) is 5.91 Å². The van der Waals surface area contributed by atoms with E-state index in [1.165, 1.54) is 19.3 Å². The summed E-state index contributed by atoms with van der Waals surface area (Å²) < 4.78 is 9.46. The third-order valence-corrected chi connectivity index (χ3v) is 3.43. The highest BCUT2D eigenvalue weighted by Gasteiger charge is 2.06. The minimum Gasteiger partial charge on any atom is -0.465 e. The number of carbonyl (C=O) groups is 3. The van der Waals surface area contributed by atoms with E-state index in [2.05, 4.69) is 10.1 Å². The molecular formula is C19H16ClNO5. The number of hydrogen-bond donors (Lipinski definition) is 1. The Labute approximate surface area is 155 Å². The Hall–Kier alpha value is -3.12. The van der Waals surface area contributed by atoms with Crippen LogP contribution in [0.2, 0.25) is 5.02 Å². The first-order valence-corrected chi connectivity index (χ1v) is 7.94. The van der Waals surface area contributed by atoms with Crippen LogP contribution in [0.1, 0.15) is 15.9 Å². The predicted octanol–water partition coefficient (Wildman–Crippen LogP) is 3.32. The van der Waals surface area contributed by atoms with Gasteiger partial charge in [-0.15, -0.1) is 0 Å². The molecule has 0 bridgehead atoms. The van der Waals surface area contributed by atoms with Crippen molar-refractivity contribution >= 4 is 41.2 Å². The van der Waals surface area contributed by atoms with Crippen molar-refractivity contribution in [3.63, 3.8) is 0 Å². The standard InChI is InChI=1S/C19H16ClNO5/c1-25-19(24)14-8-5-13(6-9-14)7-10-18(23)26-12-17(22)21-16-4-2-3-15(20)11-16/h2-11H,12H2,1H3,(H,21,22)/b10-7+. The number of benzene rings is 2. The first kappa shape index (κ1) is 19.2. The maximum atomic E-state index is 11.7. The van der Waals surface area contributed by atoms with Gasteiger partial charge in [-0.3, -0.25) is 4.79 Å². The Morgan fingerprint density at radius 1 is 1.12 bits per heavy atom. The SMILES string of the molecule is COC(=O)c1ccc(/C=C/C(=O)OCC(=O)Nc2cccc(Cl)c2)cc1. The molecule has 2 aromatic carbocycles. The fraction of sp³-hybridized carbons (Fsp3) is 0.105. The molecule has 0 fully saturated rings. The molecule has 0 radical (unpaired) electrons. The molecule has 7 heteroatoms. The van der Waals surface area contributed by atoms with E-state index in [-0.39, 0.29) is 0 Å². The number of ether oxygens (including phenoxy) is 2. The maximum absolute atomic E-state index is 11.7. The number of esters is 2. The first-order valence-electron chi connectivity index (χ1n) is 7.56. The summed E-state index contributed by atoms with van der Waals surface area (Å²) in [4.78, 5) is 34.7. The Morgan fingerprint density at radius 2 is 1.85 bits per heavy atom. The van der Waals surface area contributed by atoms with E-state index in [1.807, 2.05) is 0 Å². The van der Waals surface area contributed by atoms with Gasteiger partial charge in [0, 0.05) is 16.8 Å². The van der Waals surface area contributed by atoms with Crippen LogP contribution in [0.4, 0.5) is 5.69 Å². The molecular weight excluding hydrogens is 358 g/mol. The Bertz CT molecular complexity index is 830. The van der Waals surface area contributed by atoms with E-state index in [4.69, 9.17) is 16.3 Å². The number of amides is 1. The van der Waals surface area contributed by atoms with Crippen molar-refractivity contribution < 1.29 is 23.9 Å². The lowest BCUT2D eigenvalue weighted by Crippen LogP contribution is -2.20. The summed E-state index contributed by atoms with van der Waals surface area (Å²) in [7, 11) is 1.30. The third-order valence-electron chi connectivity index (χ3n) is 3.20. The van der Waals surface area contributed by atoms with Gasteiger partial charge in [0.15, 0.2) is 6.61 Å². The van der Waals surface area contributed by atoms with Crippen LogP contribution in [0.5, 0.6) is 0 Å². The zero-order valence-electron chi connectivity index (χ0n) is 13.9. The lowest BCUT2D eigenvalue weighted by molar-refractivity contribution is -0.142. The molecule has 0 aliphatic rings. The molecule has 134 valence electrons. The molecule has 0 aliphatic carbocycles. The minimum atomic E-state index is -0.664. The monoisotopic (exact) mass is 373 g/mol. The van der Waals surface area contributed by atoms with Crippen LogP contribution in [-0.4, -0.2) is 31.6 Å². The molecule has 0 unspecified atom stereocenters. The molecule has 0 aliphatic heterocycles. The Morgan fingerprint density at radius 3 is 2.50 bits per heavy atom. The van der Waals surface area contributed by atoms with Gasteiger partial charge >= 0.3 is 11.9 Å². The Balaban J connectivity index is 1.81. The van der Waals surface area contributed by atoms with Crippen LogP contribution >= 0.6 is 11.6 Å². The molecule has 0 aromatic heterocycles. The van der Waals surface area contributed by atoms with Gasteiger partial charge < -0.3 is 14.8 Å². The van der Waals surface area contributed by atoms with E-state index in [0.29, 0.717) is 21.8 Å². The lowest BCUT2D eigenvalue weighted by Gasteiger charge is -2.05. The number of anilines is 1. The first-order chi connectivity index (χ1) is 12.5. The zero-order chi connectivity index (χ0) is 18.9. The van der Waals surface area contributed by atoms with Gasteiger partial charge in [0.2, 0.25) is 0 Å².